The van der Waals surface area contributed by atoms with Gasteiger partial charge in [-0.05, 0) is 33.6 Å². The Bertz CT molecular complexity index is 76.5. The third-order valence-electron chi connectivity index (χ3n) is 1.44. The predicted molar refractivity (Wildman–Crippen MR) is 47.9 cm³/mol. The van der Waals surface area contributed by atoms with E-state index in [1.165, 1.54) is 6.42 Å². The van der Waals surface area contributed by atoms with Crippen molar-refractivity contribution in [3.8, 4) is 0 Å². The molecule has 0 unspecified atom stereocenters. The Morgan fingerprint density at radius 2 is 2.00 bits per heavy atom. The van der Waals surface area contributed by atoms with Crippen molar-refractivity contribution < 1.29 is 4.74 Å². The molecule has 0 aromatic carbocycles. The lowest BCUT2D eigenvalue weighted by atomic mass is 10.4. The fraction of sp³-hybridized carbons (Fsp3) is 1.00. The Labute approximate surface area is 69.7 Å². The van der Waals surface area contributed by atoms with Crippen LogP contribution in [0.15, 0.2) is 0 Å². The average molecular weight is 160 g/mol. The van der Waals surface area contributed by atoms with Crippen molar-refractivity contribution in [1.82, 2.24) is 10.2 Å². The third-order valence-corrected chi connectivity index (χ3v) is 1.44. The number of ether oxygens (including phenoxy) is 1. The van der Waals surface area contributed by atoms with E-state index in [1.807, 2.05) is 0 Å². The van der Waals surface area contributed by atoms with Gasteiger partial charge in [-0.15, -0.1) is 0 Å². The largest absolute Gasteiger partial charge is 0.383 e. The summed E-state index contributed by atoms with van der Waals surface area (Å²) in [6, 6.07) is 0. The molecule has 0 radical (unpaired) electrons. The van der Waals surface area contributed by atoms with Crippen LogP contribution in [0.4, 0.5) is 0 Å². The molecule has 0 fully saturated rings. The summed E-state index contributed by atoms with van der Waals surface area (Å²) < 4.78 is 4.90. The van der Waals surface area contributed by atoms with E-state index in [9.17, 15) is 0 Å². The Hall–Kier alpha value is -0.120. The molecule has 3 heteroatoms. The summed E-state index contributed by atoms with van der Waals surface area (Å²) in [5, 5.41) is 3.29. The van der Waals surface area contributed by atoms with Crippen molar-refractivity contribution in [3.05, 3.63) is 0 Å². The van der Waals surface area contributed by atoms with Crippen LogP contribution < -0.4 is 5.32 Å². The highest BCUT2D eigenvalue weighted by Crippen LogP contribution is 1.79. The number of nitrogens with one attached hydrogen (secondary N) is 1. The average Bonchev–Trinajstić information content (AvgIpc) is 1.96. The van der Waals surface area contributed by atoms with Crippen LogP contribution in [-0.2, 0) is 4.74 Å². The van der Waals surface area contributed by atoms with Gasteiger partial charge in [0.05, 0.1) is 6.61 Å². The number of methoxy groups -OCH3 is 1. The first-order valence-electron chi connectivity index (χ1n) is 4.11. The van der Waals surface area contributed by atoms with Gasteiger partial charge in [-0.2, -0.15) is 0 Å². The quantitative estimate of drug-likeness (QED) is 0.537. The lowest BCUT2D eigenvalue weighted by Gasteiger charge is -2.09. The van der Waals surface area contributed by atoms with Gasteiger partial charge < -0.3 is 15.0 Å². The Balaban J connectivity index is 2.80. The standard InChI is InChI=1S/C8H20N2O/c1-10(2)7-4-5-9-6-8-11-3/h9H,4-8H2,1-3H3. The summed E-state index contributed by atoms with van der Waals surface area (Å²) >= 11 is 0. The number of hydrogen-bond donors (Lipinski definition) is 1. The smallest absolute Gasteiger partial charge is 0.0587 e. The molecule has 0 aliphatic heterocycles. The molecule has 0 aromatic heterocycles. The van der Waals surface area contributed by atoms with Crippen LogP contribution in [0, 0.1) is 0 Å². The summed E-state index contributed by atoms with van der Waals surface area (Å²) in [5.41, 5.74) is 0. The summed E-state index contributed by atoms with van der Waals surface area (Å²) in [6.45, 7) is 4.01. The SMILES string of the molecule is COCCNCCCN(C)C. The van der Waals surface area contributed by atoms with Crippen LogP contribution in [0.1, 0.15) is 6.42 Å². The molecular weight excluding hydrogens is 140 g/mol. The zero-order chi connectivity index (χ0) is 8.53. The monoisotopic (exact) mass is 160 g/mol. The fourth-order valence-corrected chi connectivity index (χ4v) is 0.820. The first-order valence-corrected chi connectivity index (χ1v) is 4.11. The van der Waals surface area contributed by atoms with Crippen molar-refractivity contribution in [2.75, 3.05) is 47.4 Å². The van der Waals surface area contributed by atoms with Gasteiger partial charge >= 0.3 is 0 Å². The van der Waals surface area contributed by atoms with Crippen molar-refractivity contribution in [3.63, 3.8) is 0 Å². The highest BCUT2D eigenvalue weighted by molar-refractivity contribution is 4.49. The second-order valence-corrected chi connectivity index (χ2v) is 2.90. The van der Waals surface area contributed by atoms with Crippen LogP contribution in [-0.4, -0.2) is 52.3 Å². The first kappa shape index (κ1) is 10.9. The molecule has 0 aromatic rings. The van der Waals surface area contributed by atoms with Gasteiger partial charge in [0.1, 0.15) is 0 Å². The zero-order valence-electron chi connectivity index (χ0n) is 7.89. The molecule has 0 saturated heterocycles. The maximum Gasteiger partial charge on any atom is 0.0587 e. The molecule has 0 rings (SSSR count). The lowest BCUT2D eigenvalue weighted by molar-refractivity contribution is 0.199. The number of rotatable bonds is 7. The minimum atomic E-state index is 0.808. The van der Waals surface area contributed by atoms with Crippen LogP contribution in [0.3, 0.4) is 0 Å². The molecule has 68 valence electrons. The van der Waals surface area contributed by atoms with Gasteiger partial charge in [0.15, 0.2) is 0 Å². The molecule has 11 heavy (non-hydrogen) atoms. The lowest BCUT2D eigenvalue weighted by Crippen LogP contribution is -2.24. The highest BCUT2D eigenvalue weighted by Gasteiger charge is 1.89. The van der Waals surface area contributed by atoms with Crippen molar-refractivity contribution in [1.29, 1.82) is 0 Å². The predicted octanol–water partition coefficient (Wildman–Crippen LogP) is 0.174. The van der Waals surface area contributed by atoms with E-state index in [0.717, 1.165) is 26.2 Å². The fourth-order valence-electron chi connectivity index (χ4n) is 0.820. The summed E-state index contributed by atoms with van der Waals surface area (Å²) in [7, 11) is 5.91. The van der Waals surface area contributed by atoms with Gasteiger partial charge in [0.25, 0.3) is 0 Å². The molecule has 0 aliphatic rings. The minimum absolute atomic E-state index is 0.808. The van der Waals surface area contributed by atoms with Crippen molar-refractivity contribution in [2.45, 2.75) is 6.42 Å². The number of nitrogens with zero attached hydrogens (tertiary/aromatic N) is 1. The van der Waals surface area contributed by atoms with Crippen LogP contribution >= 0.6 is 0 Å². The molecule has 0 aliphatic carbocycles. The Morgan fingerprint density at radius 3 is 2.55 bits per heavy atom. The van der Waals surface area contributed by atoms with Gasteiger partial charge in [0, 0.05) is 13.7 Å². The second-order valence-electron chi connectivity index (χ2n) is 2.90. The molecule has 0 amide bonds. The van der Waals surface area contributed by atoms with E-state index < -0.39 is 0 Å². The molecule has 0 atom stereocenters. The van der Waals surface area contributed by atoms with E-state index in [0.29, 0.717) is 0 Å². The highest BCUT2D eigenvalue weighted by atomic mass is 16.5. The topological polar surface area (TPSA) is 24.5 Å². The second kappa shape index (κ2) is 7.98. The Kier molecular flexibility index (Phi) is 7.89. The Morgan fingerprint density at radius 1 is 1.27 bits per heavy atom. The van der Waals surface area contributed by atoms with E-state index in [1.54, 1.807) is 7.11 Å². The third kappa shape index (κ3) is 9.88. The summed E-state index contributed by atoms with van der Waals surface area (Å²) in [6.07, 6.45) is 1.21. The van der Waals surface area contributed by atoms with Gasteiger partial charge in [-0.3, -0.25) is 0 Å². The molecule has 3 nitrogen and oxygen atoms in total. The van der Waals surface area contributed by atoms with Gasteiger partial charge in [0.2, 0.25) is 0 Å². The van der Waals surface area contributed by atoms with E-state index in [-0.39, 0.29) is 0 Å². The van der Waals surface area contributed by atoms with Crippen LogP contribution in [0.5, 0.6) is 0 Å². The minimum Gasteiger partial charge on any atom is -0.383 e. The van der Waals surface area contributed by atoms with E-state index in [2.05, 4.69) is 24.3 Å². The first-order chi connectivity index (χ1) is 5.27. The van der Waals surface area contributed by atoms with E-state index >= 15 is 0 Å². The molecule has 0 heterocycles. The van der Waals surface area contributed by atoms with E-state index in [4.69, 9.17) is 4.74 Å². The van der Waals surface area contributed by atoms with Crippen molar-refractivity contribution in [2.24, 2.45) is 0 Å². The maximum absolute atomic E-state index is 4.90. The molecule has 1 N–H and O–H groups in total. The van der Waals surface area contributed by atoms with Crippen LogP contribution in [0.2, 0.25) is 0 Å². The summed E-state index contributed by atoms with van der Waals surface area (Å²) in [5.74, 6) is 0. The number of hydrogen-bond acceptors (Lipinski definition) is 3. The zero-order valence-corrected chi connectivity index (χ0v) is 7.89. The van der Waals surface area contributed by atoms with Gasteiger partial charge in [-0.1, -0.05) is 0 Å². The van der Waals surface area contributed by atoms with Crippen LogP contribution in [0.25, 0.3) is 0 Å². The molecule has 0 spiro atoms. The van der Waals surface area contributed by atoms with Crippen molar-refractivity contribution >= 4 is 0 Å². The molecule has 0 saturated carbocycles. The molecular formula is C8H20N2O. The molecule has 0 bridgehead atoms. The van der Waals surface area contributed by atoms with Gasteiger partial charge in [-0.25, -0.2) is 0 Å². The maximum atomic E-state index is 4.90. The normalized spacial score (nSPS) is 10.9. The summed E-state index contributed by atoms with van der Waals surface area (Å²) in [4.78, 5) is 2.19.